The molecule has 2 unspecified atom stereocenters. The molecule has 0 amide bonds. The summed E-state index contributed by atoms with van der Waals surface area (Å²) in [6.07, 6.45) is 3.81. The highest BCUT2D eigenvalue weighted by molar-refractivity contribution is 14.0. The van der Waals surface area contributed by atoms with E-state index in [0.29, 0.717) is 18.0 Å². The van der Waals surface area contributed by atoms with Crippen molar-refractivity contribution in [3.8, 4) is 0 Å². The van der Waals surface area contributed by atoms with Gasteiger partial charge >= 0.3 is 0 Å². The van der Waals surface area contributed by atoms with Gasteiger partial charge < -0.3 is 15.4 Å². The van der Waals surface area contributed by atoms with E-state index in [4.69, 9.17) is 9.73 Å². The molecule has 2 atom stereocenters. The smallest absolute Gasteiger partial charge is 0.191 e. The van der Waals surface area contributed by atoms with Crippen molar-refractivity contribution in [2.75, 3.05) is 59.0 Å². The Morgan fingerprint density at radius 2 is 1.89 bits per heavy atom. The molecule has 2 aliphatic rings. The summed E-state index contributed by atoms with van der Waals surface area (Å²) in [6, 6.07) is 1.16. The monoisotopic (exact) mass is 495 g/mol. The molecule has 2 rings (SSSR count). The molecular weight excluding hydrogens is 453 g/mol. The van der Waals surface area contributed by atoms with E-state index >= 15 is 0 Å². The highest BCUT2D eigenvalue weighted by atomic mass is 127. The van der Waals surface area contributed by atoms with E-state index in [2.05, 4.69) is 48.1 Å². The van der Waals surface area contributed by atoms with Gasteiger partial charge in [0.1, 0.15) is 0 Å². The number of halogens is 1. The summed E-state index contributed by atoms with van der Waals surface area (Å²) < 4.78 is 5.53. The van der Waals surface area contributed by atoms with Gasteiger partial charge in [-0.05, 0) is 45.2 Å². The van der Waals surface area contributed by atoms with Crippen LogP contribution < -0.4 is 10.6 Å². The first-order valence-electron chi connectivity index (χ1n) is 10.7. The molecule has 0 aromatic heterocycles. The number of nitrogens with one attached hydrogen (secondary N) is 2. The van der Waals surface area contributed by atoms with Gasteiger partial charge in [0.05, 0.1) is 19.8 Å². The molecule has 0 aromatic carbocycles. The van der Waals surface area contributed by atoms with Crippen molar-refractivity contribution < 1.29 is 4.74 Å². The number of hydrogen-bond acceptors (Lipinski definition) is 4. The Hall–Kier alpha value is -0.120. The number of hydrogen-bond donors (Lipinski definition) is 2. The molecule has 0 bridgehead atoms. The van der Waals surface area contributed by atoms with Crippen LogP contribution in [0, 0.1) is 5.92 Å². The standard InChI is InChI=1S/C20H41N5O.HI/c1-5-21-20(22-15-18-8-7-9-24(18)6-2)23-16-19(14-17(3)4)25-10-12-26-13-11-25;/h17-19H,5-16H2,1-4H3,(H2,21,22,23);1H. The second-order valence-corrected chi connectivity index (χ2v) is 7.96. The van der Waals surface area contributed by atoms with Crippen molar-refractivity contribution in [3.63, 3.8) is 0 Å². The Bertz CT molecular complexity index is 415. The molecule has 7 heteroatoms. The van der Waals surface area contributed by atoms with E-state index in [9.17, 15) is 0 Å². The predicted molar refractivity (Wildman–Crippen MR) is 125 cm³/mol. The Balaban J connectivity index is 0.00000364. The largest absolute Gasteiger partial charge is 0.379 e. The van der Waals surface area contributed by atoms with Crippen molar-refractivity contribution >= 4 is 29.9 Å². The first-order valence-corrected chi connectivity index (χ1v) is 10.7. The topological polar surface area (TPSA) is 52.1 Å². The lowest BCUT2D eigenvalue weighted by Gasteiger charge is -2.34. The maximum Gasteiger partial charge on any atom is 0.191 e. The maximum atomic E-state index is 5.53. The van der Waals surface area contributed by atoms with Gasteiger partial charge in [0.2, 0.25) is 0 Å². The van der Waals surface area contributed by atoms with Gasteiger partial charge in [-0.3, -0.25) is 14.8 Å². The number of aliphatic imine (C=N–C) groups is 1. The number of rotatable bonds is 9. The van der Waals surface area contributed by atoms with Crippen LogP contribution in [0.4, 0.5) is 0 Å². The fourth-order valence-corrected chi connectivity index (χ4v) is 4.12. The molecule has 2 N–H and O–H groups in total. The van der Waals surface area contributed by atoms with Crippen LogP contribution in [-0.4, -0.2) is 86.9 Å². The minimum absolute atomic E-state index is 0. The minimum atomic E-state index is 0. The van der Waals surface area contributed by atoms with Crippen molar-refractivity contribution in [1.82, 2.24) is 20.4 Å². The van der Waals surface area contributed by atoms with Gasteiger partial charge in [-0.15, -0.1) is 24.0 Å². The molecule has 0 radical (unpaired) electrons. The molecule has 0 aromatic rings. The number of likely N-dealkylation sites (tertiary alicyclic amines) is 1. The Labute approximate surface area is 183 Å². The third-order valence-corrected chi connectivity index (χ3v) is 5.52. The van der Waals surface area contributed by atoms with Gasteiger partial charge in [0, 0.05) is 38.3 Å². The Morgan fingerprint density at radius 3 is 2.52 bits per heavy atom. The average molecular weight is 495 g/mol. The predicted octanol–water partition coefficient (Wildman–Crippen LogP) is 2.39. The number of nitrogens with zero attached hydrogens (tertiary/aromatic N) is 3. The SMILES string of the molecule is CCNC(=NCC(CC(C)C)N1CCOCC1)NCC1CCCN1CC.I. The van der Waals surface area contributed by atoms with Crippen LogP contribution in [0.3, 0.4) is 0 Å². The maximum absolute atomic E-state index is 5.53. The zero-order valence-corrected chi connectivity index (χ0v) is 20.2. The van der Waals surface area contributed by atoms with Crippen molar-refractivity contribution in [3.05, 3.63) is 0 Å². The first-order chi connectivity index (χ1) is 12.6. The number of likely N-dealkylation sites (N-methyl/N-ethyl adjacent to an activating group) is 1. The second-order valence-electron chi connectivity index (χ2n) is 7.96. The summed E-state index contributed by atoms with van der Waals surface area (Å²) in [5.74, 6) is 1.66. The van der Waals surface area contributed by atoms with Gasteiger partial charge in [0.15, 0.2) is 5.96 Å². The molecular formula is C20H42IN5O. The summed E-state index contributed by atoms with van der Waals surface area (Å²) in [5.41, 5.74) is 0. The number of morpholine rings is 1. The molecule has 0 aliphatic carbocycles. The molecule has 2 aliphatic heterocycles. The van der Waals surface area contributed by atoms with E-state index in [1.807, 2.05) is 0 Å². The highest BCUT2D eigenvalue weighted by Gasteiger charge is 2.24. The van der Waals surface area contributed by atoms with Crippen molar-refractivity contribution in [2.24, 2.45) is 10.9 Å². The zero-order valence-electron chi connectivity index (χ0n) is 17.9. The summed E-state index contributed by atoms with van der Waals surface area (Å²) in [5, 5.41) is 7.02. The third-order valence-electron chi connectivity index (χ3n) is 5.52. The van der Waals surface area contributed by atoms with Crippen LogP contribution in [0.1, 0.15) is 47.0 Å². The first kappa shape index (κ1) is 24.9. The molecule has 27 heavy (non-hydrogen) atoms. The van der Waals surface area contributed by atoms with Gasteiger partial charge in [0.25, 0.3) is 0 Å². The lowest BCUT2D eigenvalue weighted by molar-refractivity contribution is 0.0143. The van der Waals surface area contributed by atoms with E-state index in [0.717, 1.165) is 58.4 Å². The van der Waals surface area contributed by atoms with E-state index in [1.165, 1.54) is 25.8 Å². The van der Waals surface area contributed by atoms with E-state index < -0.39 is 0 Å². The van der Waals surface area contributed by atoms with Crippen LogP contribution in [0.2, 0.25) is 0 Å². The van der Waals surface area contributed by atoms with Gasteiger partial charge in [-0.25, -0.2) is 0 Å². The Kier molecular flexibility index (Phi) is 12.9. The average Bonchev–Trinajstić information content (AvgIpc) is 3.11. The van der Waals surface area contributed by atoms with Crippen LogP contribution in [0.25, 0.3) is 0 Å². The van der Waals surface area contributed by atoms with Crippen molar-refractivity contribution in [2.45, 2.75) is 59.0 Å². The molecule has 6 nitrogen and oxygen atoms in total. The summed E-state index contributed by atoms with van der Waals surface area (Å²) >= 11 is 0. The third kappa shape index (κ3) is 8.83. The van der Waals surface area contributed by atoms with Gasteiger partial charge in [-0.1, -0.05) is 20.8 Å². The van der Waals surface area contributed by atoms with E-state index in [-0.39, 0.29) is 24.0 Å². The lowest BCUT2D eigenvalue weighted by Crippen LogP contribution is -2.47. The Morgan fingerprint density at radius 1 is 1.15 bits per heavy atom. The molecule has 0 spiro atoms. The zero-order chi connectivity index (χ0) is 18.8. The number of guanidine groups is 1. The molecule has 0 saturated carbocycles. The summed E-state index contributed by atoms with van der Waals surface area (Å²) in [4.78, 5) is 10.1. The van der Waals surface area contributed by atoms with Crippen LogP contribution >= 0.6 is 24.0 Å². The van der Waals surface area contributed by atoms with Crippen molar-refractivity contribution in [1.29, 1.82) is 0 Å². The molecule has 2 saturated heterocycles. The van der Waals surface area contributed by atoms with Gasteiger partial charge in [-0.2, -0.15) is 0 Å². The number of ether oxygens (including phenoxy) is 1. The summed E-state index contributed by atoms with van der Waals surface area (Å²) in [6.45, 7) is 17.9. The second kappa shape index (κ2) is 14.0. The fourth-order valence-electron chi connectivity index (χ4n) is 4.12. The molecule has 2 heterocycles. The van der Waals surface area contributed by atoms with Crippen LogP contribution in [-0.2, 0) is 4.74 Å². The minimum Gasteiger partial charge on any atom is -0.379 e. The molecule has 2 fully saturated rings. The molecule has 160 valence electrons. The fraction of sp³-hybridized carbons (Fsp3) is 0.950. The normalized spacial score (nSPS) is 23.3. The lowest BCUT2D eigenvalue weighted by atomic mass is 10.0. The van der Waals surface area contributed by atoms with E-state index in [1.54, 1.807) is 0 Å². The van der Waals surface area contributed by atoms with Crippen LogP contribution in [0.15, 0.2) is 4.99 Å². The quantitative estimate of drug-likeness (QED) is 0.292. The van der Waals surface area contributed by atoms with Crippen LogP contribution in [0.5, 0.6) is 0 Å². The summed E-state index contributed by atoms with van der Waals surface area (Å²) in [7, 11) is 0. The highest BCUT2D eigenvalue weighted by Crippen LogP contribution is 2.16.